The molecule has 0 amide bonds. The number of methoxy groups -OCH3 is 1. The van der Waals surface area contributed by atoms with E-state index in [1.54, 1.807) is 7.11 Å². The van der Waals surface area contributed by atoms with Crippen molar-refractivity contribution < 1.29 is 4.74 Å². The van der Waals surface area contributed by atoms with E-state index in [0.29, 0.717) is 0 Å². The van der Waals surface area contributed by atoms with Crippen LogP contribution in [0.4, 0.5) is 0 Å². The first-order valence-corrected chi connectivity index (χ1v) is 8.45. The van der Waals surface area contributed by atoms with E-state index < -0.39 is 0 Å². The minimum atomic E-state index is 0.0622. The molecule has 2 N–H and O–H groups in total. The molecule has 0 aromatic heterocycles. The van der Waals surface area contributed by atoms with Gasteiger partial charge in [-0.25, -0.2) is 0 Å². The van der Waals surface area contributed by atoms with Crippen LogP contribution in [0, 0.1) is 6.92 Å². The van der Waals surface area contributed by atoms with Gasteiger partial charge in [-0.3, -0.25) is 0 Å². The topological polar surface area (TPSA) is 36.5 Å². The molecule has 4 rings (SSSR count). The van der Waals surface area contributed by atoms with Crippen LogP contribution in [0.5, 0.6) is 5.75 Å². The van der Waals surface area contributed by atoms with E-state index >= 15 is 0 Å². The number of nitrogens with one attached hydrogen (secondary N) is 2. The molecular formula is C19H25N3O. The van der Waals surface area contributed by atoms with Gasteiger partial charge < -0.3 is 20.3 Å². The van der Waals surface area contributed by atoms with E-state index in [9.17, 15) is 0 Å². The maximum absolute atomic E-state index is 5.64. The quantitative estimate of drug-likeness (QED) is 0.835. The second kappa shape index (κ2) is 5.31. The maximum atomic E-state index is 5.64. The van der Waals surface area contributed by atoms with E-state index in [1.807, 2.05) is 0 Å². The fourth-order valence-electron chi connectivity index (χ4n) is 4.31. The standard InChI is InChI=1S/C19H25N3O/c1-13-10-15-12-22-14(2)21-19(6-8-20-9-7-19)18(22)5-4-16(15)17(11-13)23-3/h5,10-11,20-21H,2,4,6-9,12H2,1,3H3. The Morgan fingerprint density at radius 1 is 1.26 bits per heavy atom. The van der Waals surface area contributed by atoms with Crippen LogP contribution < -0.4 is 15.4 Å². The van der Waals surface area contributed by atoms with Crippen molar-refractivity contribution in [3.05, 3.63) is 53.0 Å². The number of allylic oxidation sites excluding steroid dienone is 1. The van der Waals surface area contributed by atoms with Crippen LogP contribution in [0.15, 0.2) is 36.3 Å². The Labute approximate surface area is 138 Å². The first-order chi connectivity index (χ1) is 11.1. The molecule has 4 heteroatoms. The first kappa shape index (κ1) is 14.6. The van der Waals surface area contributed by atoms with Gasteiger partial charge in [0, 0.05) is 17.8 Å². The lowest BCUT2D eigenvalue weighted by Gasteiger charge is -2.35. The van der Waals surface area contributed by atoms with Crippen LogP contribution >= 0.6 is 0 Å². The van der Waals surface area contributed by atoms with Gasteiger partial charge in [0.2, 0.25) is 0 Å². The highest BCUT2D eigenvalue weighted by Gasteiger charge is 2.45. The molecule has 23 heavy (non-hydrogen) atoms. The lowest BCUT2D eigenvalue weighted by molar-refractivity contribution is 0.316. The summed E-state index contributed by atoms with van der Waals surface area (Å²) in [6, 6.07) is 4.43. The minimum absolute atomic E-state index is 0.0622. The van der Waals surface area contributed by atoms with Crippen LogP contribution in [-0.4, -0.2) is 30.6 Å². The summed E-state index contributed by atoms with van der Waals surface area (Å²) in [6.07, 6.45) is 5.54. The second-order valence-corrected chi connectivity index (χ2v) is 6.89. The number of benzene rings is 1. The van der Waals surface area contributed by atoms with Crippen molar-refractivity contribution in [2.45, 2.75) is 38.3 Å². The zero-order chi connectivity index (χ0) is 16.0. The van der Waals surface area contributed by atoms with Crippen molar-refractivity contribution in [1.82, 2.24) is 15.5 Å². The predicted octanol–water partition coefficient (Wildman–Crippen LogP) is 2.44. The largest absolute Gasteiger partial charge is 0.496 e. The second-order valence-electron chi connectivity index (χ2n) is 6.89. The van der Waals surface area contributed by atoms with E-state index in [0.717, 1.165) is 50.5 Å². The minimum Gasteiger partial charge on any atom is -0.496 e. The molecule has 0 aliphatic carbocycles. The SMILES string of the molecule is C=C1NC2(CCNCC2)C2=CCc3c(cc(C)cc3OC)CN12. The number of nitrogens with zero attached hydrogens (tertiary/aromatic N) is 1. The van der Waals surface area contributed by atoms with Crippen LogP contribution in [0.2, 0.25) is 0 Å². The molecule has 3 heterocycles. The van der Waals surface area contributed by atoms with Gasteiger partial charge in [-0.2, -0.15) is 0 Å². The molecule has 1 aromatic rings. The zero-order valence-electron chi connectivity index (χ0n) is 14.0. The number of aryl methyl sites for hydroxylation is 1. The van der Waals surface area contributed by atoms with Gasteiger partial charge in [0.05, 0.1) is 18.5 Å². The molecule has 1 aromatic carbocycles. The normalized spacial score (nSPS) is 22.1. The highest BCUT2D eigenvalue weighted by atomic mass is 16.5. The molecule has 4 nitrogen and oxygen atoms in total. The van der Waals surface area contributed by atoms with E-state index in [2.05, 4.69) is 47.2 Å². The monoisotopic (exact) mass is 311 g/mol. The molecule has 0 unspecified atom stereocenters. The van der Waals surface area contributed by atoms with Crippen molar-refractivity contribution in [3.63, 3.8) is 0 Å². The lowest BCUT2D eigenvalue weighted by atomic mass is 9.85. The number of fused-ring (bicyclic) bond motifs is 3. The Morgan fingerprint density at radius 3 is 2.78 bits per heavy atom. The van der Waals surface area contributed by atoms with Gasteiger partial charge in [0.1, 0.15) is 5.75 Å². The van der Waals surface area contributed by atoms with E-state index in [-0.39, 0.29) is 5.54 Å². The summed E-state index contributed by atoms with van der Waals surface area (Å²) < 4.78 is 5.64. The van der Waals surface area contributed by atoms with Gasteiger partial charge >= 0.3 is 0 Å². The molecule has 122 valence electrons. The van der Waals surface area contributed by atoms with Crippen molar-refractivity contribution in [3.8, 4) is 5.75 Å². The summed E-state index contributed by atoms with van der Waals surface area (Å²) in [5.41, 5.74) is 5.38. The van der Waals surface area contributed by atoms with Gasteiger partial charge in [-0.05, 0) is 56.5 Å². The number of rotatable bonds is 1. The van der Waals surface area contributed by atoms with Gasteiger partial charge in [-0.1, -0.05) is 18.7 Å². The van der Waals surface area contributed by atoms with Crippen LogP contribution in [0.3, 0.4) is 0 Å². The Bertz CT molecular complexity index is 686. The number of piperidine rings is 1. The molecule has 2 fully saturated rings. The molecule has 2 saturated heterocycles. The van der Waals surface area contributed by atoms with E-state index in [4.69, 9.17) is 4.74 Å². The van der Waals surface area contributed by atoms with Crippen LogP contribution in [0.1, 0.15) is 29.5 Å². The summed E-state index contributed by atoms with van der Waals surface area (Å²) in [6.45, 7) is 9.41. The average molecular weight is 311 g/mol. The average Bonchev–Trinajstić information content (AvgIpc) is 2.70. The Kier molecular flexibility index (Phi) is 3.38. The smallest absolute Gasteiger partial charge is 0.122 e. The third-order valence-corrected chi connectivity index (χ3v) is 5.44. The highest BCUT2D eigenvalue weighted by molar-refractivity contribution is 5.48. The van der Waals surface area contributed by atoms with Crippen molar-refractivity contribution >= 4 is 0 Å². The fourth-order valence-corrected chi connectivity index (χ4v) is 4.31. The Hall–Kier alpha value is -1.94. The van der Waals surface area contributed by atoms with Crippen LogP contribution in [-0.2, 0) is 13.0 Å². The van der Waals surface area contributed by atoms with Gasteiger partial charge in [-0.15, -0.1) is 0 Å². The molecular weight excluding hydrogens is 286 g/mol. The summed E-state index contributed by atoms with van der Waals surface area (Å²) in [5, 5.41) is 7.17. The van der Waals surface area contributed by atoms with Crippen molar-refractivity contribution in [2.75, 3.05) is 20.2 Å². The number of hydrogen-bond acceptors (Lipinski definition) is 4. The van der Waals surface area contributed by atoms with Crippen molar-refractivity contribution in [2.24, 2.45) is 0 Å². The highest BCUT2D eigenvalue weighted by Crippen LogP contribution is 2.42. The molecule has 3 aliphatic heterocycles. The predicted molar refractivity (Wildman–Crippen MR) is 92.2 cm³/mol. The number of ether oxygens (including phenoxy) is 1. The van der Waals surface area contributed by atoms with E-state index in [1.165, 1.54) is 22.4 Å². The molecule has 0 saturated carbocycles. The number of hydrogen-bond donors (Lipinski definition) is 2. The molecule has 3 aliphatic rings. The fraction of sp³-hybridized carbons (Fsp3) is 0.474. The first-order valence-electron chi connectivity index (χ1n) is 8.45. The molecule has 0 radical (unpaired) electrons. The lowest BCUT2D eigenvalue weighted by Crippen LogP contribution is -2.49. The molecule has 0 bridgehead atoms. The summed E-state index contributed by atoms with van der Waals surface area (Å²) in [5.74, 6) is 2.04. The third-order valence-electron chi connectivity index (χ3n) is 5.44. The Morgan fingerprint density at radius 2 is 2.04 bits per heavy atom. The summed E-state index contributed by atoms with van der Waals surface area (Å²) in [4.78, 5) is 2.37. The molecule has 1 spiro atoms. The molecule has 0 atom stereocenters. The van der Waals surface area contributed by atoms with Gasteiger partial charge in [0.15, 0.2) is 0 Å². The summed E-state index contributed by atoms with van der Waals surface area (Å²) >= 11 is 0. The third kappa shape index (κ3) is 2.24. The van der Waals surface area contributed by atoms with Crippen molar-refractivity contribution in [1.29, 1.82) is 0 Å². The van der Waals surface area contributed by atoms with Crippen LogP contribution in [0.25, 0.3) is 0 Å². The van der Waals surface area contributed by atoms with Gasteiger partial charge in [0.25, 0.3) is 0 Å². The Balaban J connectivity index is 1.77. The zero-order valence-corrected chi connectivity index (χ0v) is 14.0. The maximum Gasteiger partial charge on any atom is 0.122 e. The summed E-state index contributed by atoms with van der Waals surface area (Å²) in [7, 11) is 1.77.